The van der Waals surface area contributed by atoms with Gasteiger partial charge in [0.15, 0.2) is 0 Å². The fraction of sp³-hybridized carbons (Fsp3) is 0.500. The van der Waals surface area contributed by atoms with Crippen LogP contribution in [0.5, 0.6) is 5.75 Å². The summed E-state index contributed by atoms with van der Waals surface area (Å²) in [6.45, 7) is 2.82. The summed E-state index contributed by atoms with van der Waals surface area (Å²) < 4.78 is 23.6. The molecule has 1 aromatic rings. The number of halogens is 1. The lowest BCUT2D eigenvalue weighted by molar-refractivity contribution is 0.183. The summed E-state index contributed by atoms with van der Waals surface area (Å²) in [7, 11) is 3.10. The van der Waals surface area contributed by atoms with Gasteiger partial charge < -0.3 is 15.2 Å². The average Bonchev–Trinajstić information content (AvgIpc) is 2.27. The zero-order valence-electron chi connectivity index (χ0n) is 9.92. The van der Waals surface area contributed by atoms with E-state index in [1.165, 1.54) is 19.2 Å². The molecule has 3 nitrogen and oxygen atoms in total. The molecule has 4 heteroatoms. The van der Waals surface area contributed by atoms with E-state index in [-0.39, 0.29) is 11.7 Å². The van der Waals surface area contributed by atoms with Crippen LogP contribution in [-0.4, -0.2) is 20.8 Å². The molecule has 0 fully saturated rings. The molecule has 0 radical (unpaired) electrons. The van der Waals surface area contributed by atoms with Crippen LogP contribution >= 0.6 is 0 Å². The van der Waals surface area contributed by atoms with E-state index >= 15 is 0 Å². The Morgan fingerprint density at radius 1 is 1.38 bits per heavy atom. The molecule has 0 bridgehead atoms. The van der Waals surface area contributed by atoms with Crippen molar-refractivity contribution >= 4 is 0 Å². The Bertz CT molecular complexity index is 355. The van der Waals surface area contributed by atoms with E-state index < -0.39 is 0 Å². The summed E-state index contributed by atoms with van der Waals surface area (Å²) in [5.74, 6) is 0.322. The van der Waals surface area contributed by atoms with Crippen molar-refractivity contribution in [2.75, 3.05) is 20.8 Å². The summed E-state index contributed by atoms with van der Waals surface area (Å²) in [5.41, 5.74) is 7.35. The molecule has 0 aromatic heterocycles. The van der Waals surface area contributed by atoms with Gasteiger partial charge in [-0.2, -0.15) is 0 Å². The Morgan fingerprint density at radius 3 is 2.56 bits per heavy atom. The number of hydrogen-bond acceptors (Lipinski definition) is 3. The van der Waals surface area contributed by atoms with Gasteiger partial charge in [-0.25, -0.2) is 4.39 Å². The second-order valence-electron chi connectivity index (χ2n) is 3.75. The van der Waals surface area contributed by atoms with Gasteiger partial charge in [-0.05, 0) is 24.1 Å². The van der Waals surface area contributed by atoms with Gasteiger partial charge in [-0.1, -0.05) is 6.92 Å². The van der Waals surface area contributed by atoms with Crippen molar-refractivity contribution in [1.82, 2.24) is 0 Å². The molecular formula is C12H18FNO2. The second-order valence-corrected chi connectivity index (χ2v) is 3.75. The molecule has 0 aliphatic rings. The topological polar surface area (TPSA) is 44.5 Å². The maximum Gasteiger partial charge on any atom is 0.127 e. The largest absolute Gasteiger partial charge is 0.496 e. The molecule has 0 saturated carbocycles. The summed E-state index contributed by atoms with van der Waals surface area (Å²) in [4.78, 5) is 0. The SMILES string of the molecule is COCc1cc(F)cc(OC)c1C(C)CN. The van der Waals surface area contributed by atoms with Crippen molar-refractivity contribution in [2.24, 2.45) is 5.73 Å². The molecule has 0 heterocycles. The first kappa shape index (κ1) is 12.9. The molecule has 90 valence electrons. The van der Waals surface area contributed by atoms with Gasteiger partial charge in [0.25, 0.3) is 0 Å². The summed E-state index contributed by atoms with van der Waals surface area (Å²) in [6.07, 6.45) is 0. The van der Waals surface area contributed by atoms with E-state index in [0.717, 1.165) is 11.1 Å². The third-order valence-corrected chi connectivity index (χ3v) is 2.56. The summed E-state index contributed by atoms with van der Waals surface area (Å²) in [6, 6.07) is 2.84. The number of nitrogens with two attached hydrogens (primary N) is 1. The Labute approximate surface area is 95.4 Å². The summed E-state index contributed by atoms with van der Waals surface area (Å²) in [5, 5.41) is 0. The number of benzene rings is 1. The summed E-state index contributed by atoms with van der Waals surface area (Å²) >= 11 is 0. The predicted octanol–water partition coefficient (Wildman–Crippen LogP) is 2.04. The van der Waals surface area contributed by atoms with Crippen LogP contribution in [0.25, 0.3) is 0 Å². The monoisotopic (exact) mass is 227 g/mol. The molecule has 0 spiro atoms. The standard InChI is InChI=1S/C12H18FNO2/c1-8(6-14)12-9(7-15-2)4-10(13)5-11(12)16-3/h4-5,8H,6-7,14H2,1-3H3. The first-order chi connectivity index (χ1) is 7.63. The van der Waals surface area contributed by atoms with Gasteiger partial charge in [0.2, 0.25) is 0 Å². The van der Waals surface area contributed by atoms with Gasteiger partial charge in [-0.15, -0.1) is 0 Å². The highest BCUT2D eigenvalue weighted by molar-refractivity contribution is 5.43. The van der Waals surface area contributed by atoms with Gasteiger partial charge in [0.1, 0.15) is 11.6 Å². The number of ether oxygens (including phenoxy) is 2. The molecule has 1 rings (SSSR count). The molecule has 2 N–H and O–H groups in total. The highest BCUT2D eigenvalue weighted by Crippen LogP contribution is 2.31. The zero-order valence-corrected chi connectivity index (χ0v) is 9.92. The normalized spacial score (nSPS) is 12.6. The van der Waals surface area contributed by atoms with Crippen molar-refractivity contribution in [1.29, 1.82) is 0 Å². The maximum atomic E-state index is 13.3. The minimum atomic E-state index is -0.322. The van der Waals surface area contributed by atoms with Crippen LogP contribution in [-0.2, 0) is 11.3 Å². The Balaban J connectivity index is 3.26. The van der Waals surface area contributed by atoms with Crippen LogP contribution in [0, 0.1) is 5.82 Å². The Kier molecular flexibility index (Phi) is 4.71. The van der Waals surface area contributed by atoms with Crippen LogP contribution < -0.4 is 10.5 Å². The van der Waals surface area contributed by atoms with E-state index in [0.29, 0.717) is 18.9 Å². The molecule has 0 aliphatic carbocycles. The molecule has 1 aromatic carbocycles. The van der Waals surface area contributed by atoms with E-state index in [9.17, 15) is 4.39 Å². The molecule has 0 saturated heterocycles. The average molecular weight is 227 g/mol. The fourth-order valence-electron chi connectivity index (χ4n) is 1.77. The lowest BCUT2D eigenvalue weighted by atomic mass is 9.94. The van der Waals surface area contributed by atoms with E-state index in [2.05, 4.69) is 0 Å². The van der Waals surface area contributed by atoms with Crippen LogP contribution in [0.15, 0.2) is 12.1 Å². The Hall–Kier alpha value is -1.13. The molecule has 1 atom stereocenters. The van der Waals surface area contributed by atoms with Crippen LogP contribution in [0.2, 0.25) is 0 Å². The molecule has 0 aliphatic heterocycles. The first-order valence-corrected chi connectivity index (χ1v) is 5.19. The third kappa shape index (κ3) is 2.71. The van der Waals surface area contributed by atoms with Crippen molar-refractivity contribution < 1.29 is 13.9 Å². The quantitative estimate of drug-likeness (QED) is 0.837. The number of methoxy groups -OCH3 is 2. The fourth-order valence-corrected chi connectivity index (χ4v) is 1.77. The van der Waals surface area contributed by atoms with Crippen LogP contribution in [0.1, 0.15) is 24.0 Å². The van der Waals surface area contributed by atoms with E-state index in [1.54, 1.807) is 7.11 Å². The van der Waals surface area contributed by atoms with Gasteiger partial charge in [0.05, 0.1) is 13.7 Å². The van der Waals surface area contributed by atoms with Gasteiger partial charge >= 0.3 is 0 Å². The predicted molar refractivity (Wildman–Crippen MR) is 61.1 cm³/mol. The van der Waals surface area contributed by atoms with Gasteiger partial charge in [0, 0.05) is 18.7 Å². The lowest BCUT2D eigenvalue weighted by Gasteiger charge is -2.18. The number of rotatable bonds is 5. The minimum absolute atomic E-state index is 0.112. The highest BCUT2D eigenvalue weighted by Gasteiger charge is 2.16. The minimum Gasteiger partial charge on any atom is -0.496 e. The third-order valence-electron chi connectivity index (χ3n) is 2.56. The Morgan fingerprint density at radius 2 is 2.06 bits per heavy atom. The second kappa shape index (κ2) is 5.82. The van der Waals surface area contributed by atoms with E-state index in [4.69, 9.17) is 15.2 Å². The van der Waals surface area contributed by atoms with E-state index in [1.807, 2.05) is 6.92 Å². The molecule has 0 amide bonds. The zero-order chi connectivity index (χ0) is 12.1. The van der Waals surface area contributed by atoms with Crippen molar-refractivity contribution in [3.05, 3.63) is 29.1 Å². The molecular weight excluding hydrogens is 209 g/mol. The molecule has 1 unspecified atom stereocenters. The van der Waals surface area contributed by atoms with Crippen molar-refractivity contribution in [3.8, 4) is 5.75 Å². The van der Waals surface area contributed by atoms with Crippen LogP contribution in [0.3, 0.4) is 0 Å². The van der Waals surface area contributed by atoms with Crippen LogP contribution in [0.4, 0.5) is 4.39 Å². The lowest BCUT2D eigenvalue weighted by Crippen LogP contribution is -2.13. The first-order valence-electron chi connectivity index (χ1n) is 5.19. The van der Waals surface area contributed by atoms with Gasteiger partial charge in [-0.3, -0.25) is 0 Å². The maximum absolute atomic E-state index is 13.3. The molecule has 16 heavy (non-hydrogen) atoms. The highest BCUT2D eigenvalue weighted by atomic mass is 19.1. The van der Waals surface area contributed by atoms with Crippen molar-refractivity contribution in [2.45, 2.75) is 19.4 Å². The van der Waals surface area contributed by atoms with Crippen molar-refractivity contribution in [3.63, 3.8) is 0 Å². The number of hydrogen-bond donors (Lipinski definition) is 1. The smallest absolute Gasteiger partial charge is 0.127 e.